The van der Waals surface area contributed by atoms with E-state index in [-0.39, 0.29) is 31.0 Å². The van der Waals surface area contributed by atoms with Crippen molar-refractivity contribution in [1.29, 1.82) is 0 Å². The van der Waals surface area contributed by atoms with Crippen LogP contribution in [0.3, 0.4) is 0 Å². The zero-order chi connectivity index (χ0) is 13.7. The highest BCUT2D eigenvalue weighted by molar-refractivity contribution is 5.72. The first-order valence-electron chi connectivity index (χ1n) is 5.35. The first-order valence-corrected chi connectivity index (χ1v) is 5.35. The molecule has 0 bridgehead atoms. The van der Waals surface area contributed by atoms with E-state index < -0.39 is 23.7 Å². The molecule has 18 heavy (non-hydrogen) atoms. The van der Waals surface area contributed by atoms with Crippen LogP contribution in [-0.4, -0.2) is 22.7 Å². The van der Waals surface area contributed by atoms with E-state index >= 15 is 0 Å². The van der Waals surface area contributed by atoms with Crippen molar-refractivity contribution in [3.63, 3.8) is 0 Å². The number of carbonyl (C=O) groups is 1. The fourth-order valence-electron chi connectivity index (χ4n) is 1.43. The highest BCUT2D eigenvalue weighted by atomic mass is 19.3. The van der Waals surface area contributed by atoms with Gasteiger partial charge in [-0.2, -0.15) is 0 Å². The molecule has 1 aromatic heterocycles. The highest BCUT2D eigenvalue weighted by Gasteiger charge is 2.20. The monoisotopic (exact) mass is 260 g/mol. The van der Waals surface area contributed by atoms with Crippen LogP contribution in [0.2, 0.25) is 0 Å². The third kappa shape index (κ3) is 3.36. The molecule has 3 N–H and O–H groups in total. The Hall–Kier alpha value is -1.76. The third-order valence-corrected chi connectivity index (χ3v) is 2.24. The van der Waals surface area contributed by atoms with E-state index in [1.807, 2.05) is 0 Å². The molecule has 0 saturated carbocycles. The summed E-state index contributed by atoms with van der Waals surface area (Å²) in [6.45, 7) is 1.66. The Balaban J connectivity index is 3.10. The van der Waals surface area contributed by atoms with Gasteiger partial charge in [0, 0.05) is 12.1 Å². The zero-order valence-corrected chi connectivity index (χ0v) is 9.82. The Morgan fingerprint density at radius 1 is 1.56 bits per heavy atom. The molecular weight excluding hydrogens is 246 g/mol. The van der Waals surface area contributed by atoms with E-state index in [1.54, 1.807) is 6.92 Å². The third-order valence-electron chi connectivity index (χ3n) is 2.24. The molecule has 0 aromatic carbocycles. The van der Waals surface area contributed by atoms with Gasteiger partial charge < -0.3 is 15.6 Å². The molecule has 0 spiro atoms. The number of nitrogens with two attached hydrogens (primary N) is 1. The SMILES string of the molecule is CCOC(=O)Cc1nc(CN)c(O)cc1C(F)F. The Labute approximate surface area is 103 Å². The minimum Gasteiger partial charge on any atom is -0.506 e. The van der Waals surface area contributed by atoms with Crippen molar-refractivity contribution in [2.45, 2.75) is 26.3 Å². The molecule has 1 heterocycles. The fraction of sp³-hybridized carbons (Fsp3) is 0.455. The summed E-state index contributed by atoms with van der Waals surface area (Å²) < 4.78 is 30.2. The number of alkyl halides is 2. The van der Waals surface area contributed by atoms with E-state index in [0.717, 1.165) is 6.07 Å². The number of rotatable bonds is 5. The van der Waals surface area contributed by atoms with Crippen LogP contribution in [0.1, 0.15) is 30.3 Å². The number of carbonyl (C=O) groups excluding carboxylic acids is 1. The van der Waals surface area contributed by atoms with Crippen molar-refractivity contribution in [3.05, 3.63) is 23.0 Å². The van der Waals surface area contributed by atoms with Gasteiger partial charge in [-0.15, -0.1) is 0 Å². The maximum Gasteiger partial charge on any atom is 0.311 e. The summed E-state index contributed by atoms with van der Waals surface area (Å²) in [4.78, 5) is 15.0. The topological polar surface area (TPSA) is 85.4 Å². The van der Waals surface area contributed by atoms with Gasteiger partial charge in [0.2, 0.25) is 0 Å². The molecule has 0 aliphatic carbocycles. The summed E-state index contributed by atoms with van der Waals surface area (Å²) in [5, 5.41) is 9.41. The molecule has 1 aromatic rings. The molecule has 0 unspecified atom stereocenters. The number of nitrogens with zero attached hydrogens (tertiary/aromatic N) is 1. The first-order chi connectivity index (χ1) is 8.49. The summed E-state index contributed by atoms with van der Waals surface area (Å²) in [6, 6.07) is 0.883. The number of halogens is 2. The van der Waals surface area contributed by atoms with E-state index in [2.05, 4.69) is 9.72 Å². The molecule has 0 atom stereocenters. The molecule has 0 aliphatic heterocycles. The molecule has 7 heteroatoms. The summed E-state index contributed by atoms with van der Waals surface area (Å²) in [5.41, 5.74) is 4.77. The van der Waals surface area contributed by atoms with Crippen LogP contribution in [-0.2, 0) is 22.5 Å². The van der Waals surface area contributed by atoms with Gasteiger partial charge >= 0.3 is 5.97 Å². The Morgan fingerprint density at radius 2 is 2.22 bits per heavy atom. The second kappa shape index (κ2) is 6.25. The molecule has 0 fully saturated rings. The van der Waals surface area contributed by atoms with E-state index in [9.17, 15) is 18.7 Å². The highest BCUT2D eigenvalue weighted by Crippen LogP contribution is 2.27. The molecule has 100 valence electrons. The van der Waals surface area contributed by atoms with Crippen LogP contribution in [0, 0.1) is 0 Å². The van der Waals surface area contributed by atoms with Crippen LogP contribution in [0.4, 0.5) is 8.78 Å². The maximum atomic E-state index is 12.7. The number of ether oxygens (including phenoxy) is 1. The smallest absolute Gasteiger partial charge is 0.311 e. The summed E-state index contributed by atoms with van der Waals surface area (Å²) in [7, 11) is 0. The van der Waals surface area contributed by atoms with Gasteiger partial charge in [-0.1, -0.05) is 0 Å². The van der Waals surface area contributed by atoms with Gasteiger partial charge in [0.1, 0.15) is 5.75 Å². The lowest BCUT2D eigenvalue weighted by atomic mass is 10.1. The van der Waals surface area contributed by atoms with Gasteiger partial charge in [-0.25, -0.2) is 8.78 Å². The van der Waals surface area contributed by atoms with Crippen molar-refractivity contribution in [2.75, 3.05) is 6.61 Å². The number of hydrogen-bond acceptors (Lipinski definition) is 5. The van der Waals surface area contributed by atoms with E-state index in [0.29, 0.717) is 0 Å². The van der Waals surface area contributed by atoms with Gasteiger partial charge in [-0.05, 0) is 13.0 Å². The van der Waals surface area contributed by atoms with Crippen LogP contribution in [0.25, 0.3) is 0 Å². The van der Waals surface area contributed by atoms with Gasteiger partial charge in [0.15, 0.2) is 0 Å². The molecule has 0 aliphatic rings. The number of esters is 1. The van der Waals surface area contributed by atoms with Crippen LogP contribution < -0.4 is 5.73 Å². The number of aromatic hydroxyl groups is 1. The van der Waals surface area contributed by atoms with E-state index in [1.165, 1.54) is 0 Å². The second-order valence-corrected chi connectivity index (χ2v) is 3.48. The Morgan fingerprint density at radius 3 is 2.72 bits per heavy atom. The van der Waals surface area contributed by atoms with Crippen molar-refractivity contribution in [3.8, 4) is 5.75 Å². The standard InChI is InChI=1S/C11H14F2N2O3/c1-2-18-10(17)4-7-6(11(12)13)3-9(16)8(5-14)15-7/h3,11,16H,2,4-5,14H2,1H3. The molecule has 1 rings (SSSR count). The van der Waals surface area contributed by atoms with Crippen molar-refractivity contribution in [1.82, 2.24) is 4.98 Å². The van der Waals surface area contributed by atoms with Crippen molar-refractivity contribution < 1.29 is 23.4 Å². The molecule has 0 radical (unpaired) electrons. The van der Waals surface area contributed by atoms with Crippen molar-refractivity contribution in [2.24, 2.45) is 5.73 Å². The van der Waals surface area contributed by atoms with Gasteiger partial charge in [-0.3, -0.25) is 9.78 Å². The summed E-state index contributed by atoms with van der Waals surface area (Å²) in [5.74, 6) is -1.05. The van der Waals surface area contributed by atoms with Gasteiger partial charge in [0.05, 0.1) is 24.4 Å². The minimum atomic E-state index is -2.83. The normalized spacial score (nSPS) is 10.7. The summed E-state index contributed by atoms with van der Waals surface area (Å²) in [6.07, 6.45) is -3.21. The Kier molecular flexibility index (Phi) is 4.96. The largest absolute Gasteiger partial charge is 0.506 e. The quantitative estimate of drug-likeness (QED) is 0.779. The molecular formula is C11H14F2N2O3. The average molecular weight is 260 g/mol. The predicted molar refractivity (Wildman–Crippen MR) is 59.1 cm³/mol. The lowest BCUT2D eigenvalue weighted by Gasteiger charge is -2.11. The Bertz CT molecular complexity index is 439. The zero-order valence-electron chi connectivity index (χ0n) is 9.82. The van der Waals surface area contributed by atoms with Crippen molar-refractivity contribution >= 4 is 5.97 Å². The van der Waals surface area contributed by atoms with Crippen LogP contribution in [0.15, 0.2) is 6.07 Å². The average Bonchev–Trinajstić information content (AvgIpc) is 2.30. The number of aromatic nitrogens is 1. The first kappa shape index (κ1) is 14.3. The van der Waals surface area contributed by atoms with Gasteiger partial charge in [0.25, 0.3) is 6.43 Å². The second-order valence-electron chi connectivity index (χ2n) is 3.48. The van der Waals surface area contributed by atoms with Crippen LogP contribution in [0.5, 0.6) is 5.75 Å². The number of hydrogen-bond donors (Lipinski definition) is 2. The lowest BCUT2D eigenvalue weighted by Crippen LogP contribution is -2.13. The molecule has 0 saturated heterocycles. The van der Waals surface area contributed by atoms with Crippen LogP contribution >= 0.6 is 0 Å². The summed E-state index contributed by atoms with van der Waals surface area (Å²) >= 11 is 0. The predicted octanol–water partition coefficient (Wildman–Crippen LogP) is 1.29. The van der Waals surface area contributed by atoms with E-state index in [4.69, 9.17) is 5.73 Å². The minimum absolute atomic E-state index is 0.0682. The lowest BCUT2D eigenvalue weighted by molar-refractivity contribution is -0.142. The fourth-order valence-corrected chi connectivity index (χ4v) is 1.43. The molecule has 5 nitrogen and oxygen atoms in total. The molecule has 0 amide bonds. The maximum absolute atomic E-state index is 12.7. The number of pyridine rings is 1.